The lowest BCUT2D eigenvalue weighted by atomic mass is 10.1. The molecule has 6 heteroatoms. The number of nitrogens with one attached hydrogen (secondary N) is 1. The summed E-state index contributed by atoms with van der Waals surface area (Å²) in [7, 11) is -3.60. The van der Waals surface area contributed by atoms with E-state index in [1.54, 1.807) is 42.5 Å². The summed E-state index contributed by atoms with van der Waals surface area (Å²) >= 11 is 0. The summed E-state index contributed by atoms with van der Waals surface area (Å²) < 4.78 is 25.6. The van der Waals surface area contributed by atoms with Crippen molar-refractivity contribution in [3.05, 3.63) is 48.0 Å². The Morgan fingerprint density at radius 1 is 1.09 bits per heavy atom. The smallest absolute Gasteiger partial charge is 0.208 e. The van der Waals surface area contributed by atoms with Crippen LogP contribution in [-0.2, 0) is 9.84 Å². The molecule has 0 unspecified atom stereocenters. The Morgan fingerprint density at radius 2 is 1.74 bits per heavy atom. The van der Waals surface area contributed by atoms with Crippen LogP contribution in [0.1, 0.15) is 5.56 Å². The number of benzene rings is 2. The fourth-order valence-corrected chi connectivity index (χ4v) is 4.36. The molecule has 0 saturated carbocycles. The number of anilines is 2. The molecular formula is C17H21N3O2S. The second kappa shape index (κ2) is 6.22. The number of aryl methyl sites for hydroxylation is 1. The summed E-state index contributed by atoms with van der Waals surface area (Å²) in [4.78, 5) is 2.68. The predicted octanol–water partition coefficient (Wildman–Crippen LogP) is 1.82. The summed E-state index contributed by atoms with van der Waals surface area (Å²) in [6.07, 6.45) is 0. The van der Waals surface area contributed by atoms with Crippen LogP contribution in [0.25, 0.3) is 0 Å². The van der Waals surface area contributed by atoms with E-state index in [4.69, 9.17) is 5.73 Å². The third kappa shape index (κ3) is 3.04. The van der Waals surface area contributed by atoms with E-state index in [1.165, 1.54) is 0 Å². The normalized spacial score (nSPS) is 15.6. The molecule has 0 spiro atoms. The number of hydrogen-bond donors (Lipinski definition) is 2. The second-order valence-corrected chi connectivity index (χ2v) is 7.65. The van der Waals surface area contributed by atoms with Gasteiger partial charge in [0, 0.05) is 31.9 Å². The third-order valence-electron chi connectivity index (χ3n) is 4.13. The number of nitrogen functional groups attached to an aromatic ring is 1. The van der Waals surface area contributed by atoms with Gasteiger partial charge in [-0.2, -0.15) is 0 Å². The maximum absolute atomic E-state index is 12.8. The molecule has 23 heavy (non-hydrogen) atoms. The first-order valence-electron chi connectivity index (χ1n) is 7.66. The summed E-state index contributed by atoms with van der Waals surface area (Å²) in [5, 5.41) is 3.31. The first-order valence-corrected chi connectivity index (χ1v) is 9.14. The highest BCUT2D eigenvalue weighted by Gasteiger charge is 2.23. The van der Waals surface area contributed by atoms with Crippen molar-refractivity contribution in [1.82, 2.24) is 5.32 Å². The minimum Gasteiger partial charge on any atom is -0.398 e. The maximum Gasteiger partial charge on any atom is 0.208 e. The van der Waals surface area contributed by atoms with Crippen molar-refractivity contribution >= 4 is 21.2 Å². The van der Waals surface area contributed by atoms with Gasteiger partial charge in [0.15, 0.2) is 0 Å². The molecule has 0 atom stereocenters. The third-order valence-corrected chi connectivity index (χ3v) is 5.95. The molecule has 0 bridgehead atoms. The predicted molar refractivity (Wildman–Crippen MR) is 92.6 cm³/mol. The largest absolute Gasteiger partial charge is 0.398 e. The van der Waals surface area contributed by atoms with E-state index in [1.807, 2.05) is 6.92 Å². The van der Waals surface area contributed by atoms with Crippen molar-refractivity contribution < 1.29 is 8.42 Å². The van der Waals surface area contributed by atoms with Crippen LogP contribution in [0.5, 0.6) is 0 Å². The van der Waals surface area contributed by atoms with Gasteiger partial charge >= 0.3 is 0 Å². The van der Waals surface area contributed by atoms with Crippen LogP contribution in [0, 0.1) is 6.92 Å². The van der Waals surface area contributed by atoms with Gasteiger partial charge in [-0.1, -0.05) is 18.2 Å². The van der Waals surface area contributed by atoms with E-state index in [2.05, 4.69) is 10.2 Å². The van der Waals surface area contributed by atoms with Crippen molar-refractivity contribution in [2.24, 2.45) is 0 Å². The van der Waals surface area contributed by atoms with Gasteiger partial charge in [0.25, 0.3) is 0 Å². The summed E-state index contributed by atoms with van der Waals surface area (Å²) in [6.45, 7) is 5.56. The summed E-state index contributed by atoms with van der Waals surface area (Å²) in [5.74, 6) is 0. The number of nitrogens with two attached hydrogens (primary N) is 1. The van der Waals surface area contributed by atoms with Gasteiger partial charge in [-0.25, -0.2) is 8.42 Å². The molecule has 2 aromatic rings. The Morgan fingerprint density at radius 3 is 2.39 bits per heavy atom. The molecule has 1 saturated heterocycles. The molecule has 1 aliphatic heterocycles. The van der Waals surface area contributed by atoms with Gasteiger partial charge in [-0.3, -0.25) is 0 Å². The molecule has 122 valence electrons. The molecule has 2 aromatic carbocycles. The average Bonchev–Trinajstić information content (AvgIpc) is 2.58. The maximum atomic E-state index is 12.8. The highest BCUT2D eigenvalue weighted by Crippen LogP contribution is 2.32. The Labute approximate surface area is 137 Å². The molecular weight excluding hydrogens is 310 g/mol. The van der Waals surface area contributed by atoms with Gasteiger partial charge < -0.3 is 16.0 Å². The van der Waals surface area contributed by atoms with Crippen LogP contribution in [-0.4, -0.2) is 34.6 Å². The van der Waals surface area contributed by atoms with Crippen molar-refractivity contribution in [3.8, 4) is 0 Å². The second-order valence-electron chi connectivity index (χ2n) is 5.73. The van der Waals surface area contributed by atoms with Crippen molar-refractivity contribution in [2.75, 3.05) is 36.8 Å². The van der Waals surface area contributed by atoms with Crippen LogP contribution < -0.4 is 16.0 Å². The zero-order valence-corrected chi connectivity index (χ0v) is 13.9. The molecule has 1 fully saturated rings. The van der Waals surface area contributed by atoms with Crippen LogP contribution in [0.2, 0.25) is 0 Å². The van der Waals surface area contributed by atoms with E-state index in [0.29, 0.717) is 5.69 Å². The minimum absolute atomic E-state index is 0.181. The van der Waals surface area contributed by atoms with E-state index < -0.39 is 9.84 Å². The molecule has 0 radical (unpaired) electrons. The van der Waals surface area contributed by atoms with Gasteiger partial charge in [0.1, 0.15) is 0 Å². The molecule has 0 amide bonds. The van der Waals surface area contributed by atoms with Crippen molar-refractivity contribution in [2.45, 2.75) is 16.7 Å². The zero-order valence-electron chi connectivity index (χ0n) is 13.1. The summed E-state index contributed by atoms with van der Waals surface area (Å²) in [6, 6.07) is 11.9. The molecule has 0 aromatic heterocycles. The number of hydrogen-bond acceptors (Lipinski definition) is 5. The van der Waals surface area contributed by atoms with E-state index >= 15 is 0 Å². The highest BCUT2D eigenvalue weighted by molar-refractivity contribution is 7.91. The number of nitrogens with zero attached hydrogens (tertiary/aromatic N) is 1. The lowest BCUT2D eigenvalue weighted by molar-refractivity contribution is 0.587. The summed E-state index contributed by atoms with van der Waals surface area (Å²) in [5.41, 5.74) is 8.33. The molecule has 1 aliphatic rings. The number of sulfone groups is 1. The van der Waals surface area contributed by atoms with Crippen LogP contribution >= 0.6 is 0 Å². The fraction of sp³-hybridized carbons (Fsp3) is 0.294. The van der Waals surface area contributed by atoms with Gasteiger partial charge in [-0.05, 0) is 36.8 Å². The topological polar surface area (TPSA) is 75.4 Å². The van der Waals surface area contributed by atoms with Crippen molar-refractivity contribution in [3.63, 3.8) is 0 Å². The Bertz CT molecular complexity index is 798. The first-order chi connectivity index (χ1) is 11.0. The van der Waals surface area contributed by atoms with E-state index in [-0.39, 0.29) is 9.79 Å². The van der Waals surface area contributed by atoms with Gasteiger partial charge in [-0.15, -0.1) is 0 Å². The molecule has 5 nitrogen and oxygen atoms in total. The van der Waals surface area contributed by atoms with Crippen LogP contribution in [0.15, 0.2) is 52.3 Å². The lowest BCUT2D eigenvalue weighted by Crippen LogP contribution is -2.43. The number of rotatable bonds is 3. The average molecular weight is 331 g/mol. The van der Waals surface area contributed by atoms with E-state index in [0.717, 1.165) is 37.4 Å². The fourth-order valence-electron chi connectivity index (χ4n) is 2.89. The van der Waals surface area contributed by atoms with Gasteiger partial charge in [0.05, 0.1) is 15.5 Å². The Kier molecular flexibility index (Phi) is 4.28. The first kappa shape index (κ1) is 15.8. The lowest BCUT2D eigenvalue weighted by Gasteiger charge is -2.31. The highest BCUT2D eigenvalue weighted by atomic mass is 32.2. The van der Waals surface area contributed by atoms with E-state index in [9.17, 15) is 8.42 Å². The SMILES string of the molecule is Cc1cc(S(=O)(=O)c2ccccc2)c(N)cc1N1CCNCC1. The zero-order chi connectivity index (χ0) is 16.4. The molecule has 3 N–H and O–H groups in total. The molecule has 3 rings (SSSR count). The standard InChI is InChI=1S/C17H21N3O2S/c1-13-11-17(23(21,22)14-5-3-2-4-6-14)15(18)12-16(13)20-9-7-19-8-10-20/h2-6,11-12,19H,7-10,18H2,1H3. The monoisotopic (exact) mass is 331 g/mol. The minimum atomic E-state index is -3.60. The van der Waals surface area contributed by atoms with Gasteiger partial charge in [0.2, 0.25) is 9.84 Å². The van der Waals surface area contributed by atoms with Crippen LogP contribution in [0.4, 0.5) is 11.4 Å². The Balaban J connectivity index is 2.03. The van der Waals surface area contributed by atoms with Crippen LogP contribution in [0.3, 0.4) is 0 Å². The molecule has 1 heterocycles. The number of piperazine rings is 1. The molecule has 0 aliphatic carbocycles. The quantitative estimate of drug-likeness (QED) is 0.839. The van der Waals surface area contributed by atoms with Crippen molar-refractivity contribution in [1.29, 1.82) is 0 Å². The Hall–Kier alpha value is -2.05.